The van der Waals surface area contributed by atoms with Gasteiger partial charge in [-0.05, 0) is 33.1 Å². The first-order valence-corrected chi connectivity index (χ1v) is 12.7. The summed E-state index contributed by atoms with van der Waals surface area (Å²) in [5, 5.41) is 5.17. The Morgan fingerprint density at radius 3 is 2.18 bits per heavy atom. The number of carbonyl (C=O) groups is 2. The third-order valence-corrected chi connectivity index (χ3v) is 8.19. The van der Waals surface area contributed by atoms with Gasteiger partial charge in [0, 0.05) is 0 Å². The predicted molar refractivity (Wildman–Crippen MR) is 116 cm³/mol. The molecule has 1 amide bonds. The topological polar surface area (TPSA) is 64.6 Å². The maximum atomic E-state index is 12.4. The van der Waals surface area contributed by atoms with Crippen LogP contribution in [0, 0.1) is 5.92 Å². The molecule has 0 saturated heterocycles. The van der Waals surface area contributed by atoms with E-state index in [0.717, 1.165) is 0 Å². The fraction of sp³-hybridized carbons (Fsp3) is 0.545. The minimum absolute atomic E-state index is 0.324. The van der Waals surface area contributed by atoms with Crippen molar-refractivity contribution in [3.05, 3.63) is 41.6 Å². The number of ether oxygens (including phenoxy) is 2. The Labute approximate surface area is 170 Å². The lowest BCUT2D eigenvalue weighted by molar-refractivity contribution is -0.143. The Morgan fingerprint density at radius 1 is 1.14 bits per heavy atom. The fourth-order valence-electron chi connectivity index (χ4n) is 2.98. The molecule has 1 N–H and O–H groups in total. The van der Waals surface area contributed by atoms with Crippen LogP contribution in [0.25, 0.3) is 0 Å². The van der Waals surface area contributed by atoms with Gasteiger partial charge >= 0.3 is 12.1 Å². The van der Waals surface area contributed by atoms with Gasteiger partial charge in [-0.1, -0.05) is 73.7 Å². The molecule has 28 heavy (non-hydrogen) atoms. The molecule has 0 radical (unpaired) electrons. The van der Waals surface area contributed by atoms with Crippen LogP contribution >= 0.6 is 0 Å². The first kappa shape index (κ1) is 24.0. The molecule has 0 heterocycles. The van der Waals surface area contributed by atoms with Gasteiger partial charge in [0.2, 0.25) is 0 Å². The molecule has 0 spiro atoms. The summed E-state index contributed by atoms with van der Waals surface area (Å²) in [7, 11) is -0.699. The molecule has 156 valence electrons. The summed E-state index contributed by atoms with van der Waals surface area (Å²) >= 11 is 0. The molecule has 0 saturated carbocycles. The number of methoxy groups -OCH3 is 1. The smallest absolute Gasteiger partial charge is 0.408 e. The first-order chi connectivity index (χ1) is 12.9. The maximum Gasteiger partial charge on any atom is 0.408 e. The number of benzene rings is 1. The molecule has 0 aliphatic heterocycles. The lowest BCUT2D eigenvalue weighted by Gasteiger charge is -2.30. The Bertz CT molecular complexity index is 690. The molecule has 0 aromatic heterocycles. The molecule has 5 nitrogen and oxygen atoms in total. The molecule has 1 rings (SSSR count). The minimum atomic E-state index is -2.03. The van der Waals surface area contributed by atoms with Crippen LogP contribution in [0.5, 0.6) is 0 Å². The standard InChI is InChI=1S/C22H35NO4Si/c1-16(2)14-18(28(7,8)17-12-10-9-11-13-17)15-19(20(24)26-6)23-21(25)27-22(3,4)5/h9-14,16,19H,15H2,1-8H3,(H,23,25)/b18-14+/t19-/m1/s1. The van der Waals surface area contributed by atoms with Crippen molar-refractivity contribution in [2.45, 2.75) is 65.8 Å². The number of allylic oxidation sites excluding steroid dienone is 1. The Hall–Kier alpha value is -2.08. The molecule has 1 atom stereocenters. The number of nitrogens with one attached hydrogen (secondary N) is 1. The molecule has 0 aliphatic carbocycles. The lowest BCUT2D eigenvalue weighted by Crippen LogP contribution is -2.49. The summed E-state index contributed by atoms with van der Waals surface area (Å²) in [4.78, 5) is 24.7. The van der Waals surface area contributed by atoms with E-state index in [-0.39, 0.29) is 0 Å². The van der Waals surface area contributed by atoms with E-state index in [2.05, 4.69) is 50.5 Å². The third kappa shape index (κ3) is 7.50. The number of hydrogen-bond acceptors (Lipinski definition) is 4. The molecule has 0 fully saturated rings. The van der Waals surface area contributed by atoms with Gasteiger partial charge in [0.15, 0.2) is 0 Å². The van der Waals surface area contributed by atoms with E-state index >= 15 is 0 Å². The van der Waals surface area contributed by atoms with Gasteiger partial charge in [0.25, 0.3) is 0 Å². The van der Waals surface area contributed by atoms with Gasteiger partial charge in [-0.15, -0.1) is 0 Å². The third-order valence-electron chi connectivity index (χ3n) is 4.43. The predicted octanol–water partition coefficient (Wildman–Crippen LogP) is 4.18. The Balaban J connectivity index is 3.18. The molecule has 1 aromatic rings. The summed E-state index contributed by atoms with van der Waals surface area (Å²) in [6.07, 6.45) is 2.00. The average Bonchev–Trinajstić information content (AvgIpc) is 2.58. The highest BCUT2D eigenvalue weighted by Crippen LogP contribution is 2.23. The molecular weight excluding hydrogens is 370 g/mol. The van der Waals surface area contributed by atoms with Crippen LogP contribution in [0.2, 0.25) is 13.1 Å². The van der Waals surface area contributed by atoms with Gasteiger partial charge < -0.3 is 14.8 Å². The quantitative estimate of drug-likeness (QED) is 0.546. The number of carbonyl (C=O) groups excluding carboxylic acids is 2. The van der Waals surface area contributed by atoms with Crippen LogP contribution < -0.4 is 10.5 Å². The van der Waals surface area contributed by atoms with Crippen molar-refractivity contribution in [1.82, 2.24) is 5.32 Å². The molecule has 0 bridgehead atoms. The molecular formula is C22H35NO4Si. The number of rotatable bonds is 7. The van der Waals surface area contributed by atoms with Gasteiger partial charge in [0.05, 0.1) is 7.11 Å². The van der Waals surface area contributed by atoms with Crippen LogP contribution in [0.3, 0.4) is 0 Å². The molecule has 0 aliphatic rings. The summed E-state index contributed by atoms with van der Waals surface area (Å²) in [5.41, 5.74) is -0.639. The molecule has 1 aromatic carbocycles. The largest absolute Gasteiger partial charge is 0.467 e. The van der Waals surface area contributed by atoms with Crippen LogP contribution in [0.4, 0.5) is 4.79 Å². The van der Waals surface area contributed by atoms with Crippen molar-refractivity contribution in [2.75, 3.05) is 7.11 Å². The number of amides is 1. The summed E-state index contributed by atoms with van der Waals surface area (Å²) < 4.78 is 10.3. The highest BCUT2D eigenvalue weighted by Gasteiger charge is 2.33. The summed E-state index contributed by atoms with van der Waals surface area (Å²) in [6.45, 7) is 14.1. The second-order valence-corrected chi connectivity index (χ2v) is 13.3. The van der Waals surface area contributed by atoms with Crippen molar-refractivity contribution in [3.8, 4) is 0 Å². The summed E-state index contributed by atoms with van der Waals surface area (Å²) in [6, 6.07) is 9.55. The van der Waals surface area contributed by atoms with Crippen LogP contribution in [0.1, 0.15) is 41.0 Å². The number of hydrogen-bond donors (Lipinski definition) is 1. The zero-order valence-electron chi connectivity index (χ0n) is 18.5. The van der Waals surface area contributed by atoms with Crippen molar-refractivity contribution in [1.29, 1.82) is 0 Å². The maximum absolute atomic E-state index is 12.4. The Kier molecular flexibility index (Phi) is 8.48. The van der Waals surface area contributed by atoms with E-state index in [0.29, 0.717) is 12.3 Å². The normalized spacial score (nSPS) is 13.8. The van der Waals surface area contributed by atoms with Crippen molar-refractivity contribution >= 4 is 25.3 Å². The SMILES string of the molecule is COC(=O)[C@@H](C/C(=C\C(C)C)[Si](C)(C)c1ccccc1)NC(=O)OC(C)(C)C. The monoisotopic (exact) mass is 405 g/mol. The van der Waals surface area contributed by atoms with Crippen molar-refractivity contribution in [3.63, 3.8) is 0 Å². The van der Waals surface area contributed by atoms with E-state index in [1.54, 1.807) is 20.8 Å². The highest BCUT2D eigenvalue weighted by atomic mass is 28.3. The van der Waals surface area contributed by atoms with Gasteiger partial charge in [-0.25, -0.2) is 9.59 Å². The first-order valence-electron chi connectivity index (χ1n) is 9.71. The van der Waals surface area contributed by atoms with E-state index in [9.17, 15) is 9.59 Å². The van der Waals surface area contributed by atoms with Crippen LogP contribution in [-0.4, -0.2) is 38.9 Å². The Morgan fingerprint density at radius 2 is 1.71 bits per heavy atom. The zero-order chi connectivity index (χ0) is 21.5. The van der Waals surface area contributed by atoms with Crippen molar-refractivity contribution < 1.29 is 19.1 Å². The lowest BCUT2D eigenvalue weighted by atomic mass is 10.1. The molecule has 0 unspecified atom stereocenters. The van der Waals surface area contributed by atoms with E-state index < -0.39 is 31.8 Å². The number of alkyl carbamates (subject to hydrolysis) is 1. The second kappa shape index (κ2) is 9.91. The van der Waals surface area contributed by atoms with E-state index in [1.165, 1.54) is 17.5 Å². The van der Waals surface area contributed by atoms with Gasteiger partial charge in [-0.3, -0.25) is 0 Å². The zero-order valence-corrected chi connectivity index (χ0v) is 19.5. The minimum Gasteiger partial charge on any atom is -0.467 e. The van der Waals surface area contributed by atoms with Crippen molar-refractivity contribution in [2.24, 2.45) is 5.92 Å². The fourth-order valence-corrected chi connectivity index (χ4v) is 5.84. The second-order valence-electron chi connectivity index (χ2n) is 8.85. The van der Waals surface area contributed by atoms with Gasteiger partial charge in [0.1, 0.15) is 19.7 Å². The van der Waals surface area contributed by atoms with E-state index in [4.69, 9.17) is 9.47 Å². The van der Waals surface area contributed by atoms with Crippen LogP contribution in [0.15, 0.2) is 41.6 Å². The number of esters is 1. The van der Waals surface area contributed by atoms with Gasteiger partial charge in [-0.2, -0.15) is 0 Å². The van der Waals surface area contributed by atoms with Crippen LogP contribution in [-0.2, 0) is 14.3 Å². The molecule has 6 heteroatoms. The summed E-state index contributed by atoms with van der Waals surface area (Å²) in [5.74, 6) is -0.149. The average molecular weight is 406 g/mol. The van der Waals surface area contributed by atoms with E-state index in [1.807, 2.05) is 18.2 Å². The highest BCUT2D eigenvalue weighted by molar-refractivity contribution is 6.95.